The summed E-state index contributed by atoms with van der Waals surface area (Å²) in [6.07, 6.45) is 0. The highest BCUT2D eigenvalue weighted by molar-refractivity contribution is 5.38. The third-order valence-electron chi connectivity index (χ3n) is 3.16. The standard InChI is InChI=1S/C17H20FNO/c1-17(2,3)13-5-4-6-14(10-13)20-16-8-7-12(11-19)9-15(16)18/h4-10H,11,19H2,1-3H3. The Hall–Kier alpha value is -1.87. The van der Waals surface area contributed by atoms with Crippen molar-refractivity contribution in [1.29, 1.82) is 0 Å². The van der Waals surface area contributed by atoms with Gasteiger partial charge in [0.25, 0.3) is 0 Å². The van der Waals surface area contributed by atoms with Crippen molar-refractivity contribution in [2.45, 2.75) is 32.7 Å². The van der Waals surface area contributed by atoms with Crippen LogP contribution < -0.4 is 10.5 Å². The number of hydrogen-bond donors (Lipinski definition) is 1. The molecule has 2 aromatic rings. The van der Waals surface area contributed by atoms with E-state index in [-0.39, 0.29) is 11.2 Å². The minimum Gasteiger partial charge on any atom is -0.454 e. The first kappa shape index (κ1) is 14.5. The highest BCUT2D eigenvalue weighted by Gasteiger charge is 2.14. The summed E-state index contributed by atoms with van der Waals surface area (Å²) in [5, 5.41) is 0. The smallest absolute Gasteiger partial charge is 0.166 e. The lowest BCUT2D eigenvalue weighted by atomic mass is 9.87. The van der Waals surface area contributed by atoms with Gasteiger partial charge in [-0.2, -0.15) is 0 Å². The SMILES string of the molecule is CC(C)(C)c1cccc(Oc2ccc(CN)cc2F)c1. The van der Waals surface area contributed by atoms with Crippen LogP contribution in [0.5, 0.6) is 11.5 Å². The number of halogens is 1. The fourth-order valence-corrected chi connectivity index (χ4v) is 1.91. The minimum absolute atomic E-state index is 0.0291. The Morgan fingerprint density at radius 1 is 1.10 bits per heavy atom. The van der Waals surface area contributed by atoms with Gasteiger partial charge in [0.1, 0.15) is 5.75 Å². The molecule has 2 aromatic carbocycles. The van der Waals surface area contributed by atoms with Crippen LogP contribution in [0.15, 0.2) is 42.5 Å². The average Bonchev–Trinajstić information content (AvgIpc) is 2.40. The van der Waals surface area contributed by atoms with E-state index < -0.39 is 5.82 Å². The van der Waals surface area contributed by atoms with Gasteiger partial charge in [-0.15, -0.1) is 0 Å². The molecule has 0 bridgehead atoms. The van der Waals surface area contributed by atoms with Gasteiger partial charge in [0.2, 0.25) is 0 Å². The molecular formula is C17H20FNO. The number of rotatable bonds is 3. The molecule has 0 spiro atoms. The molecule has 0 unspecified atom stereocenters. The van der Waals surface area contributed by atoms with Crippen LogP contribution in [0, 0.1) is 5.82 Å². The summed E-state index contributed by atoms with van der Waals surface area (Å²) in [5.74, 6) is 0.458. The molecule has 0 aromatic heterocycles. The lowest BCUT2D eigenvalue weighted by Gasteiger charge is -2.19. The summed E-state index contributed by atoms with van der Waals surface area (Å²) >= 11 is 0. The van der Waals surface area contributed by atoms with Crippen LogP contribution in [0.25, 0.3) is 0 Å². The first-order valence-corrected chi connectivity index (χ1v) is 6.67. The molecule has 2 N–H and O–H groups in total. The molecule has 0 amide bonds. The summed E-state index contributed by atoms with van der Waals surface area (Å²) < 4.78 is 19.5. The predicted molar refractivity (Wildman–Crippen MR) is 79.5 cm³/mol. The Bertz CT molecular complexity index is 602. The summed E-state index contributed by atoms with van der Waals surface area (Å²) in [6, 6.07) is 12.5. The van der Waals surface area contributed by atoms with E-state index in [2.05, 4.69) is 20.8 Å². The van der Waals surface area contributed by atoms with Gasteiger partial charge in [0.05, 0.1) is 0 Å². The van der Waals surface area contributed by atoms with Gasteiger partial charge in [-0.3, -0.25) is 0 Å². The van der Waals surface area contributed by atoms with Crippen LogP contribution in [-0.4, -0.2) is 0 Å². The lowest BCUT2D eigenvalue weighted by molar-refractivity contribution is 0.439. The molecule has 0 aliphatic rings. The van der Waals surface area contributed by atoms with Crippen molar-refractivity contribution in [1.82, 2.24) is 0 Å². The van der Waals surface area contributed by atoms with E-state index in [1.165, 1.54) is 6.07 Å². The predicted octanol–water partition coefficient (Wildman–Crippen LogP) is 4.37. The van der Waals surface area contributed by atoms with Gasteiger partial charge in [-0.25, -0.2) is 4.39 Å². The van der Waals surface area contributed by atoms with Gasteiger partial charge >= 0.3 is 0 Å². The second-order valence-corrected chi connectivity index (χ2v) is 5.85. The number of hydrogen-bond acceptors (Lipinski definition) is 2. The average molecular weight is 273 g/mol. The van der Waals surface area contributed by atoms with E-state index in [0.29, 0.717) is 12.3 Å². The van der Waals surface area contributed by atoms with Crippen LogP contribution >= 0.6 is 0 Å². The maximum Gasteiger partial charge on any atom is 0.166 e. The Morgan fingerprint density at radius 2 is 1.85 bits per heavy atom. The lowest BCUT2D eigenvalue weighted by Crippen LogP contribution is -2.10. The van der Waals surface area contributed by atoms with Crippen LogP contribution in [0.4, 0.5) is 4.39 Å². The summed E-state index contributed by atoms with van der Waals surface area (Å²) in [4.78, 5) is 0. The monoisotopic (exact) mass is 273 g/mol. The van der Waals surface area contributed by atoms with Crippen molar-refractivity contribution in [2.75, 3.05) is 0 Å². The molecular weight excluding hydrogens is 253 g/mol. The second kappa shape index (κ2) is 5.63. The van der Waals surface area contributed by atoms with E-state index >= 15 is 0 Å². The number of ether oxygens (including phenoxy) is 1. The van der Waals surface area contributed by atoms with Gasteiger partial charge < -0.3 is 10.5 Å². The fraction of sp³-hybridized carbons (Fsp3) is 0.294. The molecule has 0 fully saturated rings. The normalized spacial score (nSPS) is 11.4. The number of nitrogens with two attached hydrogens (primary N) is 1. The molecule has 0 saturated carbocycles. The summed E-state index contributed by atoms with van der Waals surface area (Å²) in [6.45, 7) is 6.70. The van der Waals surface area contributed by atoms with Gasteiger partial charge in [0.15, 0.2) is 11.6 Å². The topological polar surface area (TPSA) is 35.2 Å². The Labute approximate surface area is 119 Å². The van der Waals surface area contributed by atoms with Crippen molar-refractivity contribution in [3.05, 3.63) is 59.4 Å². The largest absolute Gasteiger partial charge is 0.454 e. The van der Waals surface area contributed by atoms with Gasteiger partial charge in [-0.05, 0) is 40.8 Å². The van der Waals surface area contributed by atoms with Crippen LogP contribution in [0.1, 0.15) is 31.9 Å². The molecule has 0 heterocycles. The Balaban J connectivity index is 2.26. The molecule has 20 heavy (non-hydrogen) atoms. The Morgan fingerprint density at radius 3 is 2.45 bits per heavy atom. The third-order valence-corrected chi connectivity index (χ3v) is 3.16. The summed E-state index contributed by atoms with van der Waals surface area (Å²) in [5.41, 5.74) is 7.41. The maximum atomic E-state index is 13.9. The maximum absolute atomic E-state index is 13.9. The summed E-state index contributed by atoms with van der Waals surface area (Å²) in [7, 11) is 0. The van der Waals surface area contributed by atoms with E-state index in [1.807, 2.05) is 24.3 Å². The first-order valence-electron chi connectivity index (χ1n) is 6.67. The van der Waals surface area contributed by atoms with Gasteiger partial charge in [-0.1, -0.05) is 39.0 Å². The fourth-order valence-electron chi connectivity index (χ4n) is 1.91. The minimum atomic E-state index is -0.394. The highest BCUT2D eigenvalue weighted by Crippen LogP contribution is 2.29. The van der Waals surface area contributed by atoms with E-state index in [4.69, 9.17) is 10.5 Å². The zero-order valence-corrected chi connectivity index (χ0v) is 12.1. The molecule has 106 valence electrons. The molecule has 0 radical (unpaired) electrons. The number of benzene rings is 2. The molecule has 0 aliphatic heterocycles. The third kappa shape index (κ3) is 3.36. The van der Waals surface area contributed by atoms with Crippen molar-refractivity contribution >= 4 is 0 Å². The van der Waals surface area contributed by atoms with Gasteiger partial charge in [0, 0.05) is 6.54 Å². The zero-order chi connectivity index (χ0) is 14.8. The van der Waals surface area contributed by atoms with E-state index in [0.717, 1.165) is 11.1 Å². The molecule has 2 rings (SSSR count). The second-order valence-electron chi connectivity index (χ2n) is 5.85. The van der Waals surface area contributed by atoms with Crippen molar-refractivity contribution < 1.29 is 9.13 Å². The molecule has 2 nitrogen and oxygen atoms in total. The molecule has 0 saturated heterocycles. The van der Waals surface area contributed by atoms with E-state index in [9.17, 15) is 4.39 Å². The van der Waals surface area contributed by atoms with Crippen LogP contribution in [0.2, 0.25) is 0 Å². The van der Waals surface area contributed by atoms with Crippen molar-refractivity contribution in [3.8, 4) is 11.5 Å². The van der Waals surface area contributed by atoms with Crippen LogP contribution in [-0.2, 0) is 12.0 Å². The van der Waals surface area contributed by atoms with Crippen LogP contribution in [0.3, 0.4) is 0 Å². The Kier molecular flexibility index (Phi) is 4.09. The molecule has 0 atom stereocenters. The molecule has 0 aliphatic carbocycles. The quantitative estimate of drug-likeness (QED) is 0.901. The zero-order valence-electron chi connectivity index (χ0n) is 12.1. The first-order chi connectivity index (χ1) is 9.40. The van der Waals surface area contributed by atoms with Crippen molar-refractivity contribution in [2.24, 2.45) is 5.73 Å². The molecule has 3 heteroatoms. The van der Waals surface area contributed by atoms with E-state index in [1.54, 1.807) is 12.1 Å². The van der Waals surface area contributed by atoms with Crippen molar-refractivity contribution in [3.63, 3.8) is 0 Å². The highest BCUT2D eigenvalue weighted by atomic mass is 19.1.